The molecule has 0 saturated carbocycles. The highest BCUT2D eigenvalue weighted by molar-refractivity contribution is 5.88. The molecule has 0 fully saturated rings. The minimum Gasteiger partial charge on any atom is -0.478 e. The quantitative estimate of drug-likeness (QED) is 0.858. The number of imidazole rings is 1. The molecule has 6 heteroatoms. The first kappa shape index (κ1) is 11.8. The monoisotopic (exact) mass is 245 g/mol. The van der Waals surface area contributed by atoms with Gasteiger partial charge in [-0.2, -0.15) is 0 Å². The molecule has 0 unspecified atom stereocenters. The van der Waals surface area contributed by atoms with Gasteiger partial charge in [-0.3, -0.25) is 4.79 Å². The predicted octanol–water partition coefficient (Wildman–Crippen LogP) is 1.53. The topological polar surface area (TPSA) is 84.2 Å². The number of anilines is 1. The van der Waals surface area contributed by atoms with E-state index in [4.69, 9.17) is 5.11 Å². The molecular weight excluding hydrogens is 234 g/mol. The summed E-state index contributed by atoms with van der Waals surface area (Å²) in [6.45, 7) is 1.40. The summed E-state index contributed by atoms with van der Waals surface area (Å²) in [5, 5.41) is 11.3. The number of carboxylic acids is 1. The van der Waals surface area contributed by atoms with Crippen LogP contribution in [0.4, 0.5) is 5.82 Å². The van der Waals surface area contributed by atoms with Crippen LogP contribution in [0.2, 0.25) is 0 Å². The lowest BCUT2D eigenvalue weighted by atomic mass is 10.2. The lowest BCUT2D eigenvalue weighted by Gasteiger charge is -2.02. The number of carboxylic acid groups (broad SMARTS) is 1. The summed E-state index contributed by atoms with van der Waals surface area (Å²) in [6, 6.07) is 6.36. The van der Waals surface area contributed by atoms with E-state index in [-0.39, 0.29) is 11.5 Å². The summed E-state index contributed by atoms with van der Waals surface area (Å²) in [5.74, 6) is -0.711. The molecule has 0 aliphatic rings. The van der Waals surface area contributed by atoms with Crippen LogP contribution in [0.15, 0.2) is 36.8 Å². The van der Waals surface area contributed by atoms with Crippen LogP contribution < -0.4 is 5.32 Å². The lowest BCUT2D eigenvalue weighted by molar-refractivity contribution is -0.114. The Morgan fingerprint density at radius 2 is 1.94 bits per heavy atom. The van der Waals surface area contributed by atoms with E-state index in [0.717, 1.165) is 5.69 Å². The molecule has 1 amide bonds. The average molecular weight is 245 g/mol. The minimum absolute atomic E-state index is 0.193. The third kappa shape index (κ3) is 2.54. The minimum atomic E-state index is -0.967. The van der Waals surface area contributed by atoms with Gasteiger partial charge in [-0.1, -0.05) is 0 Å². The molecule has 2 N–H and O–H groups in total. The van der Waals surface area contributed by atoms with E-state index >= 15 is 0 Å². The van der Waals surface area contributed by atoms with Gasteiger partial charge >= 0.3 is 5.97 Å². The number of amides is 1. The van der Waals surface area contributed by atoms with Crippen LogP contribution in [0.3, 0.4) is 0 Å². The van der Waals surface area contributed by atoms with Crippen molar-refractivity contribution in [1.82, 2.24) is 9.55 Å². The molecule has 18 heavy (non-hydrogen) atoms. The molecule has 1 aromatic carbocycles. The van der Waals surface area contributed by atoms with Crippen LogP contribution in [0, 0.1) is 0 Å². The standard InChI is InChI=1S/C12H11N3O3/c1-8(16)14-11-6-15(7-13-11)10-4-2-9(3-5-10)12(17)18/h2-7H,1H3,(H,14,16)(H,17,18). The molecule has 0 saturated heterocycles. The van der Waals surface area contributed by atoms with Crippen LogP contribution in [0.5, 0.6) is 0 Å². The fraction of sp³-hybridized carbons (Fsp3) is 0.0833. The molecule has 0 spiro atoms. The van der Waals surface area contributed by atoms with Crippen molar-refractivity contribution in [2.24, 2.45) is 0 Å². The maximum absolute atomic E-state index is 10.9. The Hall–Kier alpha value is -2.63. The van der Waals surface area contributed by atoms with Gasteiger partial charge in [-0.25, -0.2) is 9.78 Å². The summed E-state index contributed by atoms with van der Waals surface area (Å²) in [6.07, 6.45) is 3.19. The van der Waals surface area contributed by atoms with E-state index < -0.39 is 5.97 Å². The highest BCUT2D eigenvalue weighted by Crippen LogP contribution is 2.12. The molecular formula is C12H11N3O3. The molecule has 92 valence electrons. The van der Waals surface area contributed by atoms with Gasteiger partial charge in [0, 0.05) is 12.6 Å². The Morgan fingerprint density at radius 3 is 2.50 bits per heavy atom. The third-order valence-electron chi connectivity index (χ3n) is 2.30. The van der Waals surface area contributed by atoms with Gasteiger partial charge in [-0.15, -0.1) is 0 Å². The molecule has 0 aliphatic carbocycles. The first-order valence-electron chi connectivity index (χ1n) is 5.21. The van der Waals surface area contributed by atoms with Gasteiger partial charge in [0.25, 0.3) is 0 Å². The summed E-state index contributed by atoms with van der Waals surface area (Å²) in [5.41, 5.74) is 0.991. The number of aromatic carboxylic acids is 1. The number of nitrogens with one attached hydrogen (secondary N) is 1. The largest absolute Gasteiger partial charge is 0.478 e. The molecule has 6 nitrogen and oxygen atoms in total. The zero-order valence-electron chi connectivity index (χ0n) is 9.62. The summed E-state index contributed by atoms with van der Waals surface area (Å²) in [7, 11) is 0. The Bertz CT molecular complexity index is 587. The second kappa shape index (κ2) is 4.70. The highest BCUT2D eigenvalue weighted by atomic mass is 16.4. The van der Waals surface area contributed by atoms with Crippen LogP contribution in [0.25, 0.3) is 5.69 Å². The molecule has 0 radical (unpaired) electrons. The van der Waals surface area contributed by atoms with Crippen molar-refractivity contribution in [1.29, 1.82) is 0 Å². The fourth-order valence-electron chi connectivity index (χ4n) is 1.49. The third-order valence-corrected chi connectivity index (χ3v) is 2.30. The van der Waals surface area contributed by atoms with E-state index in [1.807, 2.05) is 0 Å². The van der Waals surface area contributed by atoms with E-state index in [1.54, 1.807) is 29.2 Å². The van der Waals surface area contributed by atoms with Crippen molar-refractivity contribution in [2.45, 2.75) is 6.92 Å². The van der Waals surface area contributed by atoms with Crippen LogP contribution in [-0.4, -0.2) is 26.5 Å². The Labute approximate surface area is 103 Å². The van der Waals surface area contributed by atoms with Crippen molar-refractivity contribution < 1.29 is 14.7 Å². The Morgan fingerprint density at radius 1 is 1.28 bits per heavy atom. The van der Waals surface area contributed by atoms with E-state index in [9.17, 15) is 9.59 Å². The smallest absolute Gasteiger partial charge is 0.335 e. The van der Waals surface area contributed by atoms with Gasteiger partial charge < -0.3 is 15.0 Å². The van der Waals surface area contributed by atoms with E-state index in [0.29, 0.717) is 5.82 Å². The molecule has 1 heterocycles. The van der Waals surface area contributed by atoms with Crippen molar-refractivity contribution in [3.63, 3.8) is 0 Å². The zero-order chi connectivity index (χ0) is 13.1. The molecule has 1 aromatic heterocycles. The summed E-state index contributed by atoms with van der Waals surface area (Å²) in [4.78, 5) is 25.6. The van der Waals surface area contributed by atoms with Crippen molar-refractivity contribution in [2.75, 3.05) is 5.32 Å². The zero-order valence-corrected chi connectivity index (χ0v) is 9.62. The van der Waals surface area contributed by atoms with Gasteiger partial charge in [-0.05, 0) is 24.3 Å². The van der Waals surface area contributed by atoms with Crippen molar-refractivity contribution >= 4 is 17.7 Å². The molecule has 0 aliphatic heterocycles. The number of carbonyl (C=O) groups excluding carboxylic acids is 1. The highest BCUT2D eigenvalue weighted by Gasteiger charge is 2.04. The number of nitrogens with zero attached hydrogens (tertiary/aromatic N) is 2. The Kier molecular flexibility index (Phi) is 3.09. The second-order valence-electron chi connectivity index (χ2n) is 3.70. The molecule has 2 rings (SSSR count). The van der Waals surface area contributed by atoms with Crippen LogP contribution in [0.1, 0.15) is 17.3 Å². The second-order valence-corrected chi connectivity index (χ2v) is 3.70. The predicted molar refractivity (Wildman–Crippen MR) is 64.8 cm³/mol. The number of aromatic nitrogens is 2. The maximum atomic E-state index is 10.9. The molecule has 0 atom stereocenters. The van der Waals surface area contributed by atoms with Gasteiger partial charge in [0.1, 0.15) is 6.33 Å². The lowest BCUT2D eigenvalue weighted by Crippen LogP contribution is -2.05. The normalized spacial score (nSPS) is 10.1. The first-order chi connectivity index (χ1) is 8.56. The van der Waals surface area contributed by atoms with Crippen molar-refractivity contribution in [3.8, 4) is 5.69 Å². The molecule has 2 aromatic rings. The van der Waals surface area contributed by atoms with Crippen LogP contribution in [-0.2, 0) is 4.79 Å². The number of carbonyl (C=O) groups is 2. The van der Waals surface area contributed by atoms with Gasteiger partial charge in [0.15, 0.2) is 5.82 Å². The van der Waals surface area contributed by atoms with Gasteiger partial charge in [0.05, 0.1) is 11.8 Å². The first-order valence-corrected chi connectivity index (χ1v) is 5.21. The number of rotatable bonds is 3. The van der Waals surface area contributed by atoms with E-state index in [2.05, 4.69) is 10.3 Å². The maximum Gasteiger partial charge on any atom is 0.335 e. The SMILES string of the molecule is CC(=O)Nc1cn(-c2ccc(C(=O)O)cc2)cn1. The Balaban J connectivity index is 2.23. The number of hydrogen-bond acceptors (Lipinski definition) is 3. The van der Waals surface area contributed by atoms with Crippen LogP contribution >= 0.6 is 0 Å². The molecule has 0 bridgehead atoms. The number of benzene rings is 1. The van der Waals surface area contributed by atoms with Gasteiger partial charge in [0.2, 0.25) is 5.91 Å². The summed E-state index contributed by atoms with van der Waals surface area (Å²) < 4.78 is 1.69. The van der Waals surface area contributed by atoms with Crippen molar-refractivity contribution in [3.05, 3.63) is 42.4 Å². The average Bonchev–Trinajstić information content (AvgIpc) is 2.76. The summed E-state index contributed by atoms with van der Waals surface area (Å²) >= 11 is 0. The van der Waals surface area contributed by atoms with E-state index in [1.165, 1.54) is 19.1 Å². The number of hydrogen-bond donors (Lipinski definition) is 2. The fourth-order valence-corrected chi connectivity index (χ4v) is 1.49.